The topological polar surface area (TPSA) is 15.3 Å². The number of nitrogens with one attached hydrogen (secondary N) is 1. The number of anilines is 1. The molecule has 2 nitrogen and oxygen atoms in total. The predicted octanol–water partition coefficient (Wildman–Crippen LogP) is 3.59. The van der Waals surface area contributed by atoms with E-state index in [2.05, 4.69) is 17.1 Å². The molecule has 2 atom stereocenters. The lowest BCUT2D eigenvalue weighted by molar-refractivity contribution is -0.138. The van der Waals surface area contributed by atoms with Gasteiger partial charge < -0.3 is 10.2 Å². The van der Waals surface area contributed by atoms with E-state index in [1.54, 1.807) is 12.1 Å². The molecule has 1 heterocycles. The van der Waals surface area contributed by atoms with Gasteiger partial charge in [-0.15, -0.1) is 0 Å². The smallest absolute Gasteiger partial charge is 0.366 e. The molecular weight excluding hydrogens is 265 g/mol. The third kappa shape index (κ3) is 3.08. The molecule has 0 aliphatic carbocycles. The van der Waals surface area contributed by atoms with Crippen molar-refractivity contribution in [3.8, 4) is 0 Å². The maximum absolute atomic E-state index is 13.0. The Kier molecular flexibility index (Phi) is 4.28. The van der Waals surface area contributed by atoms with Crippen molar-refractivity contribution in [2.45, 2.75) is 45.5 Å². The second-order valence-electron chi connectivity index (χ2n) is 5.51. The zero-order valence-corrected chi connectivity index (χ0v) is 12.1. The van der Waals surface area contributed by atoms with Crippen molar-refractivity contribution in [1.82, 2.24) is 5.32 Å². The minimum atomic E-state index is -4.29. The molecule has 1 aromatic carbocycles. The van der Waals surface area contributed by atoms with Gasteiger partial charge in [-0.3, -0.25) is 0 Å². The van der Waals surface area contributed by atoms with E-state index in [1.807, 2.05) is 6.92 Å². The summed E-state index contributed by atoms with van der Waals surface area (Å²) in [5, 5.41) is 3.41. The van der Waals surface area contributed by atoms with Crippen LogP contribution < -0.4 is 10.2 Å². The molecule has 1 N–H and O–H groups in total. The molecule has 0 radical (unpaired) electrons. The van der Waals surface area contributed by atoms with E-state index in [4.69, 9.17) is 0 Å². The summed E-state index contributed by atoms with van der Waals surface area (Å²) in [4.78, 5) is 2.07. The molecule has 2 rings (SSSR count). The molecule has 1 fully saturated rings. The first-order chi connectivity index (χ1) is 9.32. The van der Waals surface area contributed by atoms with Crippen LogP contribution in [-0.2, 0) is 6.18 Å². The lowest BCUT2D eigenvalue weighted by Gasteiger charge is -2.40. The number of hydrogen-bond donors (Lipinski definition) is 1. The van der Waals surface area contributed by atoms with Crippen LogP contribution in [0.4, 0.5) is 18.9 Å². The number of rotatable bonds is 2. The summed E-state index contributed by atoms with van der Waals surface area (Å²) >= 11 is 0. The Hall–Kier alpha value is -1.23. The van der Waals surface area contributed by atoms with Crippen LogP contribution in [-0.4, -0.2) is 25.2 Å². The minimum absolute atomic E-state index is 0.196. The van der Waals surface area contributed by atoms with Gasteiger partial charge >= 0.3 is 6.18 Å². The molecule has 112 valence electrons. The first kappa shape index (κ1) is 15.2. The van der Waals surface area contributed by atoms with Crippen molar-refractivity contribution in [3.63, 3.8) is 0 Å². The van der Waals surface area contributed by atoms with Crippen LogP contribution in [0.15, 0.2) is 18.2 Å². The van der Waals surface area contributed by atoms with Crippen molar-refractivity contribution in [2.75, 3.05) is 18.0 Å². The van der Waals surface area contributed by atoms with Gasteiger partial charge in [0.25, 0.3) is 0 Å². The lowest BCUT2D eigenvalue weighted by atomic mass is 10.0. The number of nitrogens with zero attached hydrogens (tertiary/aromatic N) is 1. The fourth-order valence-corrected chi connectivity index (χ4v) is 2.66. The molecule has 0 spiro atoms. The largest absolute Gasteiger partial charge is 0.416 e. The SMILES string of the molecule is CCC1CN(c2ccc(C)c(C(F)(F)F)c2)C(C)CN1. The summed E-state index contributed by atoms with van der Waals surface area (Å²) in [6.07, 6.45) is -3.32. The van der Waals surface area contributed by atoms with Gasteiger partial charge in [-0.05, 0) is 38.0 Å². The molecule has 1 saturated heterocycles. The molecule has 20 heavy (non-hydrogen) atoms. The minimum Gasteiger partial charge on any atom is -0.366 e. The number of halogens is 3. The summed E-state index contributed by atoms with van der Waals surface area (Å²) in [5.74, 6) is 0. The molecule has 1 aliphatic heterocycles. The van der Waals surface area contributed by atoms with Gasteiger partial charge in [-0.2, -0.15) is 13.2 Å². The van der Waals surface area contributed by atoms with Gasteiger partial charge in [-0.1, -0.05) is 13.0 Å². The van der Waals surface area contributed by atoms with Crippen LogP contribution in [0.25, 0.3) is 0 Å². The standard InChI is InChI=1S/C15H21F3N2/c1-4-12-9-20(11(3)8-19-12)13-6-5-10(2)14(7-13)15(16,17)18/h5-7,11-12,19H,4,8-9H2,1-3H3. The summed E-state index contributed by atoms with van der Waals surface area (Å²) in [6.45, 7) is 7.17. The van der Waals surface area contributed by atoms with Crippen LogP contribution in [0.3, 0.4) is 0 Å². The number of alkyl halides is 3. The molecular formula is C15H21F3N2. The van der Waals surface area contributed by atoms with E-state index in [9.17, 15) is 13.2 Å². The summed E-state index contributed by atoms with van der Waals surface area (Å²) in [7, 11) is 0. The van der Waals surface area contributed by atoms with Crippen molar-refractivity contribution in [1.29, 1.82) is 0 Å². The van der Waals surface area contributed by atoms with Crippen LogP contribution in [0.2, 0.25) is 0 Å². The van der Waals surface area contributed by atoms with Crippen molar-refractivity contribution in [3.05, 3.63) is 29.3 Å². The maximum Gasteiger partial charge on any atom is 0.416 e. The Morgan fingerprint density at radius 1 is 1.35 bits per heavy atom. The normalized spacial score (nSPS) is 24.0. The average Bonchev–Trinajstić information content (AvgIpc) is 2.39. The Bertz CT molecular complexity index is 471. The zero-order valence-electron chi connectivity index (χ0n) is 12.1. The Balaban J connectivity index is 2.32. The number of aryl methyl sites for hydroxylation is 1. The molecule has 5 heteroatoms. The highest BCUT2D eigenvalue weighted by atomic mass is 19.4. The quantitative estimate of drug-likeness (QED) is 0.894. The number of benzene rings is 1. The second kappa shape index (κ2) is 5.64. The maximum atomic E-state index is 13.0. The van der Waals surface area contributed by atoms with Gasteiger partial charge in [0.1, 0.15) is 0 Å². The third-order valence-corrected chi connectivity index (χ3v) is 4.00. The fourth-order valence-electron chi connectivity index (χ4n) is 2.66. The highest BCUT2D eigenvalue weighted by Crippen LogP contribution is 2.35. The second-order valence-corrected chi connectivity index (χ2v) is 5.51. The number of piperazine rings is 1. The van der Waals surface area contributed by atoms with Gasteiger partial charge in [0.2, 0.25) is 0 Å². The monoisotopic (exact) mass is 286 g/mol. The van der Waals surface area contributed by atoms with Gasteiger partial charge in [0.15, 0.2) is 0 Å². The molecule has 1 aromatic rings. The van der Waals surface area contributed by atoms with Crippen LogP contribution in [0, 0.1) is 6.92 Å². The highest BCUT2D eigenvalue weighted by Gasteiger charge is 2.33. The molecule has 0 amide bonds. The van der Waals surface area contributed by atoms with E-state index >= 15 is 0 Å². The zero-order chi connectivity index (χ0) is 14.9. The van der Waals surface area contributed by atoms with Crippen molar-refractivity contribution >= 4 is 5.69 Å². The molecule has 2 unspecified atom stereocenters. The van der Waals surface area contributed by atoms with Crippen LogP contribution >= 0.6 is 0 Å². The van der Waals surface area contributed by atoms with E-state index in [1.165, 1.54) is 13.0 Å². The van der Waals surface area contributed by atoms with Gasteiger partial charge in [0, 0.05) is 30.9 Å². The molecule has 0 bridgehead atoms. The molecule has 0 saturated carbocycles. The predicted molar refractivity (Wildman–Crippen MR) is 75.1 cm³/mol. The summed E-state index contributed by atoms with van der Waals surface area (Å²) in [6, 6.07) is 5.17. The van der Waals surface area contributed by atoms with Crippen LogP contribution in [0.1, 0.15) is 31.4 Å². The average molecular weight is 286 g/mol. The lowest BCUT2D eigenvalue weighted by Crippen LogP contribution is -2.55. The van der Waals surface area contributed by atoms with Crippen molar-refractivity contribution in [2.24, 2.45) is 0 Å². The van der Waals surface area contributed by atoms with E-state index < -0.39 is 11.7 Å². The Morgan fingerprint density at radius 3 is 2.65 bits per heavy atom. The first-order valence-electron chi connectivity index (χ1n) is 7.00. The highest BCUT2D eigenvalue weighted by molar-refractivity contribution is 5.53. The Morgan fingerprint density at radius 2 is 2.05 bits per heavy atom. The van der Waals surface area contributed by atoms with Gasteiger partial charge in [0.05, 0.1) is 5.56 Å². The van der Waals surface area contributed by atoms with Gasteiger partial charge in [-0.25, -0.2) is 0 Å². The van der Waals surface area contributed by atoms with Crippen LogP contribution in [0.5, 0.6) is 0 Å². The fraction of sp³-hybridized carbons (Fsp3) is 0.600. The molecule has 0 aromatic heterocycles. The summed E-state index contributed by atoms with van der Waals surface area (Å²) in [5.41, 5.74) is 0.403. The molecule has 1 aliphatic rings. The van der Waals surface area contributed by atoms with E-state index in [-0.39, 0.29) is 11.6 Å². The van der Waals surface area contributed by atoms with E-state index in [0.29, 0.717) is 11.7 Å². The number of hydrogen-bond acceptors (Lipinski definition) is 2. The Labute approximate surface area is 118 Å². The van der Waals surface area contributed by atoms with E-state index in [0.717, 1.165) is 19.5 Å². The summed E-state index contributed by atoms with van der Waals surface area (Å²) < 4.78 is 39.0. The third-order valence-electron chi connectivity index (χ3n) is 4.00. The first-order valence-corrected chi connectivity index (χ1v) is 7.00. The van der Waals surface area contributed by atoms with Crippen molar-refractivity contribution < 1.29 is 13.2 Å².